The van der Waals surface area contributed by atoms with Crippen LogP contribution < -0.4 is 10.1 Å². The number of urea groups is 1. The van der Waals surface area contributed by atoms with Gasteiger partial charge in [-0.1, -0.05) is 61.5 Å². The van der Waals surface area contributed by atoms with Gasteiger partial charge in [0.05, 0.1) is 32.5 Å². The number of amides is 3. The molecule has 0 saturated heterocycles. The summed E-state index contributed by atoms with van der Waals surface area (Å²) in [6.45, 7) is 5.14. The second-order valence-corrected chi connectivity index (χ2v) is 10.4. The molecular weight excluding hydrogens is 506 g/mol. The van der Waals surface area contributed by atoms with Crippen molar-refractivity contribution < 1.29 is 24.2 Å². The third-order valence-corrected chi connectivity index (χ3v) is 7.50. The second-order valence-electron chi connectivity index (χ2n) is 10.4. The van der Waals surface area contributed by atoms with Gasteiger partial charge in [-0.2, -0.15) is 0 Å². The van der Waals surface area contributed by atoms with Gasteiger partial charge in [-0.05, 0) is 47.4 Å². The lowest BCUT2D eigenvalue weighted by molar-refractivity contribution is -0.0184. The highest BCUT2D eigenvalue weighted by Gasteiger charge is 2.31. The van der Waals surface area contributed by atoms with Crippen molar-refractivity contribution in [3.63, 3.8) is 0 Å². The third kappa shape index (κ3) is 6.81. The van der Waals surface area contributed by atoms with Gasteiger partial charge in [0.1, 0.15) is 5.75 Å². The fourth-order valence-electron chi connectivity index (χ4n) is 4.96. The minimum absolute atomic E-state index is 0.118. The number of nitrogens with zero attached hydrogens (tertiary/aromatic N) is 2. The van der Waals surface area contributed by atoms with Crippen molar-refractivity contribution in [3.05, 3.63) is 89.5 Å². The van der Waals surface area contributed by atoms with E-state index in [1.165, 1.54) is 0 Å². The molecule has 0 aromatic heterocycles. The number of likely N-dealkylation sites (N-methyl/N-ethyl adjacent to an activating group) is 1. The lowest BCUT2D eigenvalue weighted by Gasteiger charge is -2.35. The molecule has 0 unspecified atom stereocenters. The standard InChI is InChI=1S/C32H39N3O5/c1-22-18-35(23(2)20-36)31(37)29-12-8-7-11-28(29)27-10-6-5-9-25(27)21-40-30(22)19-34(3)32(38)33-17-24-13-15-26(39-4)16-14-24/h5-16,22-23,30,36H,17-21H2,1-4H3,(H,33,38)/t22-,23+,30+/m0/s1. The number of fused-ring (bicyclic) bond motifs is 3. The SMILES string of the molecule is COc1ccc(CNC(=O)N(C)C[C@H]2OCc3ccccc3-c3ccccc3C(=O)N([C@H](C)CO)C[C@@H]2C)cc1. The van der Waals surface area contributed by atoms with Crippen LogP contribution in [-0.2, 0) is 17.9 Å². The summed E-state index contributed by atoms with van der Waals surface area (Å²) in [5, 5.41) is 13.0. The summed E-state index contributed by atoms with van der Waals surface area (Å²) < 4.78 is 11.7. The fourth-order valence-corrected chi connectivity index (χ4v) is 4.96. The first-order chi connectivity index (χ1) is 19.3. The first kappa shape index (κ1) is 29.1. The Bertz CT molecular complexity index is 1300. The summed E-state index contributed by atoms with van der Waals surface area (Å²) in [7, 11) is 3.36. The maximum absolute atomic E-state index is 13.9. The van der Waals surface area contributed by atoms with Crippen molar-refractivity contribution in [2.24, 2.45) is 5.92 Å². The zero-order chi connectivity index (χ0) is 28.6. The Morgan fingerprint density at radius 2 is 1.73 bits per heavy atom. The molecule has 3 aromatic carbocycles. The maximum atomic E-state index is 13.9. The number of ether oxygens (including phenoxy) is 2. The van der Waals surface area contributed by atoms with E-state index < -0.39 is 0 Å². The van der Waals surface area contributed by atoms with E-state index in [1.54, 1.807) is 24.0 Å². The second kappa shape index (κ2) is 13.5. The quantitative estimate of drug-likeness (QED) is 0.454. The van der Waals surface area contributed by atoms with Crippen molar-refractivity contribution in [2.45, 2.75) is 39.1 Å². The number of aliphatic hydroxyl groups excluding tert-OH is 1. The summed E-state index contributed by atoms with van der Waals surface area (Å²) in [4.78, 5) is 30.3. The molecule has 4 rings (SSSR count). The average molecular weight is 546 g/mol. The van der Waals surface area contributed by atoms with Crippen LogP contribution in [0.5, 0.6) is 5.75 Å². The largest absolute Gasteiger partial charge is 0.497 e. The summed E-state index contributed by atoms with van der Waals surface area (Å²) >= 11 is 0. The molecule has 0 fully saturated rings. The van der Waals surface area contributed by atoms with Crippen LogP contribution in [0.2, 0.25) is 0 Å². The van der Waals surface area contributed by atoms with E-state index in [2.05, 4.69) is 5.32 Å². The van der Waals surface area contributed by atoms with Crippen molar-refractivity contribution in [3.8, 4) is 16.9 Å². The lowest BCUT2D eigenvalue weighted by Crippen LogP contribution is -2.48. The summed E-state index contributed by atoms with van der Waals surface area (Å²) in [5.41, 5.74) is 4.29. The van der Waals surface area contributed by atoms with Crippen LogP contribution in [0.3, 0.4) is 0 Å². The molecule has 3 amide bonds. The Morgan fingerprint density at radius 1 is 1.07 bits per heavy atom. The number of carbonyl (C=O) groups is 2. The number of hydrogen-bond acceptors (Lipinski definition) is 5. The highest BCUT2D eigenvalue weighted by Crippen LogP contribution is 2.31. The van der Waals surface area contributed by atoms with Crippen LogP contribution in [0.1, 0.15) is 35.3 Å². The van der Waals surface area contributed by atoms with E-state index in [-0.39, 0.29) is 36.6 Å². The summed E-state index contributed by atoms with van der Waals surface area (Å²) in [6.07, 6.45) is -0.354. The third-order valence-electron chi connectivity index (χ3n) is 7.50. The van der Waals surface area contributed by atoms with Crippen molar-refractivity contribution in [1.29, 1.82) is 0 Å². The van der Waals surface area contributed by atoms with Crippen LogP contribution in [0, 0.1) is 5.92 Å². The number of benzene rings is 3. The van der Waals surface area contributed by atoms with Gasteiger partial charge in [0.25, 0.3) is 5.91 Å². The van der Waals surface area contributed by atoms with Crippen LogP contribution in [0.25, 0.3) is 11.1 Å². The van der Waals surface area contributed by atoms with Gasteiger partial charge in [0, 0.05) is 38.2 Å². The molecule has 3 aromatic rings. The number of hydrogen-bond donors (Lipinski definition) is 2. The van der Waals surface area contributed by atoms with Gasteiger partial charge in [-0.25, -0.2) is 4.79 Å². The molecular formula is C32H39N3O5. The highest BCUT2D eigenvalue weighted by atomic mass is 16.5. The summed E-state index contributed by atoms with van der Waals surface area (Å²) in [6, 6.07) is 22.5. The molecule has 2 N–H and O–H groups in total. The topological polar surface area (TPSA) is 91.3 Å². The monoisotopic (exact) mass is 545 g/mol. The number of methoxy groups -OCH3 is 1. The maximum Gasteiger partial charge on any atom is 0.317 e. The molecule has 0 radical (unpaired) electrons. The van der Waals surface area contributed by atoms with Crippen molar-refractivity contribution >= 4 is 11.9 Å². The van der Waals surface area contributed by atoms with Gasteiger partial charge in [0.2, 0.25) is 0 Å². The number of aliphatic hydroxyl groups is 1. The molecule has 0 bridgehead atoms. The van der Waals surface area contributed by atoms with Gasteiger partial charge in [-0.15, -0.1) is 0 Å². The molecule has 1 aliphatic heterocycles. The number of nitrogens with one attached hydrogen (secondary N) is 1. The molecule has 0 spiro atoms. The zero-order valence-electron chi connectivity index (χ0n) is 23.7. The Balaban J connectivity index is 1.56. The first-order valence-electron chi connectivity index (χ1n) is 13.6. The van der Waals surface area contributed by atoms with Crippen molar-refractivity contribution in [1.82, 2.24) is 15.1 Å². The summed E-state index contributed by atoms with van der Waals surface area (Å²) in [5.74, 6) is 0.509. The molecule has 1 aliphatic rings. The fraction of sp³-hybridized carbons (Fsp3) is 0.375. The van der Waals surface area contributed by atoms with Crippen molar-refractivity contribution in [2.75, 3.05) is 33.9 Å². The Hall–Kier alpha value is -3.88. The smallest absolute Gasteiger partial charge is 0.317 e. The van der Waals surface area contributed by atoms with Crippen LogP contribution >= 0.6 is 0 Å². The van der Waals surface area contributed by atoms with Gasteiger partial charge < -0.3 is 29.7 Å². The predicted molar refractivity (Wildman–Crippen MR) is 155 cm³/mol. The molecule has 212 valence electrons. The molecule has 0 aliphatic carbocycles. The normalized spacial score (nSPS) is 18.1. The van der Waals surface area contributed by atoms with Crippen LogP contribution in [0.15, 0.2) is 72.8 Å². The Kier molecular flexibility index (Phi) is 9.79. The Labute approximate surface area is 236 Å². The molecule has 1 heterocycles. The van der Waals surface area contributed by atoms with E-state index in [4.69, 9.17) is 9.47 Å². The van der Waals surface area contributed by atoms with Gasteiger partial charge in [-0.3, -0.25) is 4.79 Å². The molecule has 40 heavy (non-hydrogen) atoms. The Morgan fingerprint density at radius 3 is 2.40 bits per heavy atom. The van der Waals surface area contributed by atoms with E-state index in [9.17, 15) is 14.7 Å². The average Bonchev–Trinajstić information content (AvgIpc) is 3.01. The highest BCUT2D eigenvalue weighted by molar-refractivity contribution is 6.01. The van der Waals surface area contributed by atoms with E-state index in [0.29, 0.717) is 31.8 Å². The van der Waals surface area contributed by atoms with Gasteiger partial charge >= 0.3 is 6.03 Å². The van der Waals surface area contributed by atoms with E-state index >= 15 is 0 Å². The zero-order valence-corrected chi connectivity index (χ0v) is 23.7. The molecule has 8 nitrogen and oxygen atoms in total. The first-order valence-corrected chi connectivity index (χ1v) is 13.6. The van der Waals surface area contributed by atoms with E-state index in [1.807, 2.05) is 86.6 Å². The van der Waals surface area contributed by atoms with Crippen LogP contribution in [-0.4, -0.2) is 72.8 Å². The molecule has 0 saturated carbocycles. The number of carbonyl (C=O) groups excluding carboxylic acids is 2. The lowest BCUT2D eigenvalue weighted by atomic mass is 9.94. The molecule has 8 heteroatoms. The van der Waals surface area contributed by atoms with E-state index in [0.717, 1.165) is 28.0 Å². The minimum atomic E-state index is -0.384. The number of rotatable bonds is 7. The predicted octanol–water partition coefficient (Wildman–Crippen LogP) is 4.56. The molecule has 3 atom stereocenters. The van der Waals surface area contributed by atoms with Crippen LogP contribution in [0.4, 0.5) is 4.79 Å². The van der Waals surface area contributed by atoms with Gasteiger partial charge in [0.15, 0.2) is 0 Å². The minimum Gasteiger partial charge on any atom is -0.497 e.